The van der Waals surface area contributed by atoms with Crippen LogP contribution in [0.25, 0.3) is 76.9 Å². The van der Waals surface area contributed by atoms with Crippen molar-refractivity contribution < 1.29 is 4.42 Å². The smallest absolute Gasteiger partial charge is 0.137 e. The number of rotatable bonds is 7. The molecule has 12 aromatic rings. The van der Waals surface area contributed by atoms with E-state index in [1.807, 2.05) is 0 Å². The number of anilines is 3. The predicted octanol–water partition coefficient (Wildman–Crippen LogP) is 17.1. The molecule has 0 spiro atoms. The van der Waals surface area contributed by atoms with Crippen molar-refractivity contribution >= 4 is 60.5 Å². The second-order valence-corrected chi connectivity index (χ2v) is 17.2. The molecule has 0 atom stereocenters. The predicted molar refractivity (Wildman–Crippen MR) is 272 cm³/mol. The summed E-state index contributed by atoms with van der Waals surface area (Å²) in [4.78, 5) is 2.45. The molecule has 0 saturated heterocycles. The average molecular weight is 828 g/mol. The molecule has 1 aliphatic rings. The SMILES string of the molecule is c1ccc(-c2ccc3cc(N(c4cccc(C5(c6ccccc6)c6ccccc6-c6ccccc65)c4)c4cccc5oc6ccc(-c7cccc8ccccc78)cc6c45)ccc3c2)cc1. The summed E-state index contributed by atoms with van der Waals surface area (Å²) >= 11 is 0. The molecule has 0 N–H and O–H groups in total. The Morgan fingerprint density at radius 1 is 0.323 bits per heavy atom. The van der Waals surface area contributed by atoms with E-state index in [0.29, 0.717) is 0 Å². The number of nitrogens with zero attached hydrogens (tertiary/aromatic N) is 1. The molecule has 0 amide bonds. The molecule has 1 aromatic heterocycles. The maximum atomic E-state index is 6.75. The van der Waals surface area contributed by atoms with Gasteiger partial charge < -0.3 is 9.32 Å². The Kier molecular flexibility index (Phi) is 8.47. The fourth-order valence-electron chi connectivity index (χ4n) is 10.8. The van der Waals surface area contributed by atoms with E-state index >= 15 is 0 Å². The largest absolute Gasteiger partial charge is 0.456 e. The molecular formula is C63H41NO. The lowest BCUT2D eigenvalue weighted by Crippen LogP contribution is -2.28. The second kappa shape index (κ2) is 14.8. The van der Waals surface area contributed by atoms with Gasteiger partial charge in [-0.2, -0.15) is 0 Å². The van der Waals surface area contributed by atoms with Crippen LogP contribution in [-0.4, -0.2) is 0 Å². The van der Waals surface area contributed by atoms with E-state index in [4.69, 9.17) is 4.42 Å². The minimum absolute atomic E-state index is 0.547. The van der Waals surface area contributed by atoms with Gasteiger partial charge in [-0.3, -0.25) is 0 Å². The van der Waals surface area contributed by atoms with Gasteiger partial charge in [0.25, 0.3) is 0 Å². The molecule has 2 heteroatoms. The van der Waals surface area contributed by atoms with Crippen LogP contribution in [0.2, 0.25) is 0 Å². The van der Waals surface area contributed by atoms with E-state index in [-0.39, 0.29) is 0 Å². The Balaban J connectivity index is 1.06. The molecular weight excluding hydrogens is 787 g/mol. The standard InChI is InChI=1S/C63H41NO/c1-3-16-42(17-4-1)44-32-33-46-39-51(36-34-45(46)38-44)64(59-30-15-31-61-62(59)56-40-47(35-37-60(56)65-61)53-27-13-19-43-18-7-8-24-52(43)53)50-23-14-22-49(41-50)63(48-20-5-2-6-21-48)57-28-11-9-25-54(57)55-26-10-12-29-58(55)63/h1-41H. The summed E-state index contributed by atoms with van der Waals surface area (Å²) < 4.78 is 6.75. The number of fused-ring (bicyclic) bond motifs is 8. The third-order valence-corrected chi connectivity index (χ3v) is 13.7. The Morgan fingerprint density at radius 2 is 0.938 bits per heavy atom. The Hall–Kier alpha value is -8.46. The highest BCUT2D eigenvalue weighted by Gasteiger charge is 2.46. The molecule has 0 bridgehead atoms. The van der Waals surface area contributed by atoms with Crippen molar-refractivity contribution in [1.82, 2.24) is 0 Å². The van der Waals surface area contributed by atoms with Crippen molar-refractivity contribution in [2.45, 2.75) is 5.41 Å². The number of furan rings is 1. The molecule has 2 nitrogen and oxygen atoms in total. The number of benzene rings is 11. The molecule has 13 rings (SSSR count). The lowest BCUT2D eigenvalue weighted by Gasteiger charge is -2.35. The first-order valence-electron chi connectivity index (χ1n) is 22.4. The quantitative estimate of drug-likeness (QED) is 0.159. The average Bonchev–Trinajstić information content (AvgIpc) is 3.91. The van der Waals surface area contributed by atoms with Crippen LogP contribution in [-0.2, 0) is 5.41 Å². The Labute approximate surface area is 377 Å². The maximum Gasteiger partial charge on any atom is 0.137 e. The summed E-state index contributed by atoms with van der Waals surface area (Å²) in [6.07, 6.45) is 0. The maximum absolute atomic E-state index is 6.75. The fraction of sp³-hybridized carbons (Fsp3) is 0.0159. The van der Waals surface area contributed by atoms with Crippen LogP contribution >= 0.6 is 0 Å². The van der Waals surface area contributed by atoms with Gasteiger partial charge in [-0.15, -0.1) is 0 Å². The zero-order valence-corrected chi connectivity index (χ0v) is 35.5. The molecule has 0 fully saturated rings. The van der Waals surface area contributed by atoms with E-state index in [2.05, 4.69) is 254 Å². The number of hydrogen-bond donors (Lipinski definition) is 0. The van der Waals surface area contributed by atoms with Crippen molar-refractivity contribution in [3.05, 3.63) is 271 Å². The van der Waals surface area contributed by atoms with Crippen LogP contribution in [0.15, 0.2) is 253 Å². The van der Waals surface area contributed by atoms with Gasteiger partial charge in [0.15, 0.2) is 0 Å². The Bertz CT molecular complexity index is 3740. The zero-order chi connectivity index (χ0) is 42.9. The van der Waals surface area contributed by atoms with Crippen molar-refractivity contribution in [3.8, 4) is 33.4 Å². The zero-order valence-electron chi connectivity index (χ0n) is 35.5. The molecule has 65 heavy (non-hydrogen) atoms. The minimum Gasteiger partial charge on any atom is -0.456 e. The van der Waals surface area contributed by atoms with E-state index in [1.54, 1.807) is 0 Å². The van der Waals surface area contributed by atoms with E-state index in [0.717, 1.165) is 44.6 Å². The van der Waals surface area contributed by atoms with Crippen LogP contribution in [0.3, 0.4) is 0 Å². The second-order valence-electron chi connectivity index (χ2n) is 17.2. The molecule has 0 saturated carbocycles. The summed E-state index contributed by atoms with van der Waals surface area (Å²) in [7, 11) is 0. The van der Waals surface area contributed by atoms with Gasteiger partial charge in [-0.05, 0) is 132 Å². The summed E-state index contributed by atoms with van der Waals surface area (Å²) in [6.45, 7) is 0. The molecule has 0 unspecified atom stereocenters. The van der Waals surface area contributed by atoms with Crippen molar-refractivity contribution in [3.63, 3.8) is 0 Å². The molecule has 0 aliphatic heterocycles. The highest BCUT2D eigenvalue weighted by molar-refractivity contribution is 6.15. The minimum atomic E-state index is -0.547. The van der Waals surface area contributed by atoms with Crippen molar-refractivity contribution in [1.29, 1.82) is 0 Å². The summed E-state index contributed by atoms with van der Waals surface area (Å²) in [5, 5.41) is 6.97. The van der Waals surface area contributed by atoms with Crippen molar-refractivity contribution in [2.75, 3.05) is 4.90 Å². The van der Waals surface area contributed by atoms with E-state index < -0.39 is 5.41 Å². The first kappa shape index (κ1) is 37.1. The fourth-order valence-corrected chi connectivity index (χ4v) is 10.8. The normalized spacial score (nSPS) is 12.7. The van der Waals surface area contributed by atoms with Crippen LogP contribution in [0.4, 0.5) is 17.1 Å². The van der Waals surface area contributed by atoms with Crippen LogP contribution < -0.4 is 4.90 Å². The van der Waals surface area contributed by atoms with Crippen LogP contribution in [0.5, 0.6) is 0 Å². The van der Waals surface area contributed by atoms with Crippen LogP contribution in [0.1, 0.15) is 22.3 Å². The first-order valence-corrected chi connectivity index (χ1v) is 22.4. The first-order chi connectivity index (χ1) is 32.2. The highest BCUT2D eigenvalue weighted by atomic mass is 16.3. The van der Waals surface area contributed by atoms with Gasteiger partial charge in [0.2, 0.25) is 0 Å². The summed E-state index contributed by atoms with van der Waals surface area (Å²) in [5.41, 5.74) is 16.7. The summed E-state index contributed by atoms with van der Waals surface area (Å²) in [6, 6.07) is 90.9. The summed E-state index contributed by atoms with van der Waals surface area (Å²) in [5.74, 6) is 0. The van der Waals surface area contributed by atoms with Crippen LogP contribution in [0, 0.1) is 0 Å². The van der Waals surface area contributed by atoms with Gasteiger partial charge in [0.1, 0.15) is 11.2 Å². The van der Waals surface area contributed by atoms with Gasteiger partial charge in [-0.1, -0.05) is 194 Å². The molecule has 11 aromatic carbocycles. The van der Waals surface area contributed by atoms with E-state index in [9.17, 15) is 0 Å². The lowest BCUT2D eigenvalue weighted by molar-refractivity contribution is 0.669. The molecule has 1 heterocycles. The monoisotopic (exact) mass is 827 g/mol. The molecule has 1 aliphatic carbocycles. The third kappa shape index (κ3) is 5.81. The third-order valence-electron chi connectivity index (χ3n) is 13.7. The topological polar surface area (TPSA) is 16.4 Å². The van der Waals surface area contributed by atoms with Gasteiger partial charge in [0.05, 0.1) is 16.5 Å². The lowest BCUT2D eigenvalue weighted by atomic mass is 9.67. The van der Waals surface area contributed by atoms with Gasteiger partial charge in [0, 0.05) is 16.8 Å². The van der Waals surface area contributed by atoms with Crippen molar-refractivity contribution in [2.24, 2.45) is 0 Å². The Morgan fingerprint density at radius 3 is 1.77 bits per heavy atom. The molecule has 304 valence electrons. The van der Waals surface area contributed by atoms with Gasteiger partial charge in [-0.25, -0.2) is 0 Å². The van der Waals surface area contributed by atoms with Gasteiger partial charge >= 0.3 is 0 Å². The highest BCUT2D eigenvalue weighted by Crippen LogP contribution is 2.57. The number of hydrogen-bond acceptors (Lipinski definition) is 2. The molecule has 0 radical (unpaired) electrons. The van der Waals surface area contributed by atoms with E-state index in [1.165, 1.54) is 71.6 Å².